The number of hydrogen-bond acceptors (Lipinski definition) is 5. The molecule has 0 radical (unpaired) electrons. The summed E-state index contributed by atoms with van der Waals surface area (Å²) in [5.74, 6) is 0. The predicted molar refractivity (Wildman–Crippen MR) is 104 cm³/mol. The number of nitrogens with one attached hydrogen (secondary N) is 2. The normalized spacial score (nSPS) is 20.6. The molecule has 2 N–H and O–H groups in total. The lowest BCUT2D eigenvalue weighted by Crippen LogP contribution is -2.52. The van der Waals surface area contributed by atoms with Crippen LogP contribution >= 0.6 is 12.4 Å². The van der Waals surface area contributed by atoms with E-state index in [0.717, 1.165) is 30.3 Å². The molecular weight excluding hydrogens is 376 g/mol. The third kappa shape index (κ3) is 4.20. The van der Waals surface area contributed by atoms with Crippen LogP contribution in [0.25, 0.3) is 10.9 Å². The van der Waals surface area contributed by atoms with E-state index < -0.39 is 10.0 Å². The maximum absolute atomic E-state index is 12.7. The lowest BCUT2D eigenvalue weighted by molar-refractivity contribution is 0.122. The van der Waals surface area contributed by atoms with Gasteiger partial charge in [0.2, 0.25) is 10.0 Å². The molecule has 0 amide bonds. The summed E-state index contributed by atoms with van der Waals surface area (Å²) in [5.41, 5.74) is 0.608. The Kier molecular flexibility index (Phi) is 6.68. The van der Waals surface area contributed by atoms with Crippen molar-refractivity contribution in [3.8, 4) is 0 Å². The van der Waals surface area contributed by atoms with Gasteiger partial charge in [-0.25, -0.2) is 13.1 Å². The lowest BCUT2D eigenvalue weighted by atomic mass is 9.99. The first kappa shape index (κ1) is 21.1. The molecule has 0 bridgehead atoms. The molecule has 0 aliphatic carbocycles. The van der Waals surface area contributed by atoms with Crippen LogP contribution in [0.5, 0.6) is 0 Å². The standard InChI is InChI=1S/C17H26N4O3S.ClH/c1-13(2)21-16-6-5-15(9-14(16)10-19-21)25(22,23)20-11-17(12-24-3)7-4-8-18-17;/h5-6,9-10,13,18,20H,4,7-8,11-12H2,1-3H3;1H. The molecule has 1 aliphatic heterocycles. The number of ether oxygens (including phenoxy) is 1. The molecular formula is C17H27ClN4O3S. The quantitative estimate of drug-likeness (QED) is 0.740. The average molecular weight is 403 g/mol. The third-order valence-electron chi connectivity index (χ3n) is 4.72. The Labute approximate surface area is 160 Å². The van der Waals surface area contributed by atoms with Gasteiger partial charge in [0.05, 0.1) is 28.8 Å². The zero-order valence-electron chi connectivity index (χ0n) is 15.4. The molecule has 0 spiro atoms. The Morgan fingerprint density at radius 2 is 2.19 bits per heavy atom. The summed E-state index contributed by atoms with van der Waals surface area (Å²) in [5, 5.41) is 8.53. The molecule has 1 saturated heterocycles. The maximum atomic E-state index is 12.7. The number of rotatable bonds is 7. The van der Waals surface area contributed by atoms with E-state index in [2.05, 4.69) is 15.1 Å². The third-order valence-corrected chi connectivity index (χ3v) is 6.12. The highest BCUT2D eigenvalue weighted by atomic mass is 35.5. The topological polar surface area (TPSA) is 85.2 Å². The van der Waals surface area contributed by atoms with Gasteiger partial charge in [-0.1, -0.05) is 0 Å². The van der Waals surface area contributed by atoms with E-state index in [1.807, 2.05) is 24.6 Å². The molecule has 1 aromatic carbocycles. The highest BCUT2D eigenvalue weighted by Gasteiger charge is 2.34. The maximum Gasteiger partial charge on any atom is 0.240 e. The van der Waals surface area contributed by atoms with Gasteiger partial charge in [-0.3, -0.25) is 4.68 Å². The van der Waals surface area contributed by atoms with Gasteiger partial charge < -0.3 is 10.1 Å². The Hall–Kier alpha value is -1.19. The van der Waals surface area contributed by atoms with Gasteiger partial charge in [-0.05, 0) is 51.4 Å². The minimum absolute atomic E-state index is 0. The van der Waals surface area contributed by atoms with Gasteiger partial charge in [-0.2, -0.15) is 5.10 Å². The summed E-state index contributed by atoms with van der Waals surface area (Å²) in [4.78, 5) is 0.258. The van der Waals surface area contributed by atoms with Gasteiger partial charge in [0.15, 0.2) is 0 Å². The summed E-state index contributed by atoms with van der Waals surface area (Å²) < 4.78 is 35.3. The fourth-order valence-electron chi connectivity index (χ4n) is 3.40. The second kappa shape index (κ2) is 8.22. The summed E-state index contributed by atoms with van der Waals surface area (Å²) >= 11 is 0. The van der Waals surface area contributed by atoms with Crippen LogP contribution in [0.1, 0.15) is 32.7 Å². The Balaban J connectivity index is 0.00000243. The molecule has 3 rings (SSSR count). The van der Waals surface area contributed by atoms with Crippen LogP contribution in [-0.4, -0.2) is 50.5 Å². The van der Waals surface area contributed by atoms with E-state index in [4.69, 9.17) is 4.74 Å². The minimum atomic E-state index is -3.59. The van der Waals surface area contributed by atoms with Crippen LogP contribution in [0.15, 0.2) is 29.3 Å². The first-order chi connectivity index (χ1) is 11.9. The van der Waals surface area contributed by atoms with Crippen molar-refractivity contribution in [2.24, 2.45) is 0 Å². The molecule has 1 fully saturated rings. The molecule has 146 valence electrons. The van der Waals surface area contributed by atoms with Crippen LogP contribution in [0.2, 0.25) is 0 Å². The number of sulfonamides is 1. The van der Waals surface area contributed by atoms with Crippen LogP contribution < -0.4 is 10.0 Å². The zero-order valence-corrected chi connectivity index (χ0v) is 17.0. The molecule has 7 nitrogen and oxygen atoms in total. The number of fused-ring (bicyclic) bond motifs is 1. The summed E-state index contributed by atoms with van der Waals surface area (Å²) in [6, 6.07) is 5.35. The van der Waals surface area contributed by atoms with Crippen molar-refractivity contribution in [2.75, 3.05) is 26.8 Å². The molecule has 1 unspecified atom stereocenters. The van der Waals surface area contributed by atoms with E-state index in [9.17, 15) is 8.42 Å². The predicted octanol–water partition coefficient (Wildman–Crippen LogP) is 2.09. The largest absolute Gasteiger partial charge is 0.383 e. The van der Waals surface area contributed by atoms with Crippen molar-refractivity contribution in [1.82, 2.24) is 19.8 Å². The number of aromatic nitrogens is 2. The van der Waals surface area contributed by atoms with E-state index in [0.29, 0.717) is 13.2 Å². The second-order valence-electron chi connectivity index (χ2n) is 6.97. The monoisotopic (exact) mass is 402 g/mol. The van der Waals surface area contributed by atoms with Crippen LogP contribution in [0.4, 0.5) is 0 Å². The Morgan fingerprint density at radius 3 is 2.81 bits per heavy atom. The first-order valence-corrected chi connectivity index (χ1v) is 10.1. The molecule has 0 saturated carbocycles. The fourth-order valence-corrected chi connectivity index (χ4v) is 4.56. The van der Waals surface area contributed by atoms with Gasteiger partial charge >= 0.3 is 0 Å². The summed E-state index contributed by atoms with van der Waals surface area (Å²) in [6.07, 6.45) is 3.62. The van der Waals surface area contributed by atoms with Crippen molar-refractivity contribution < 1.29 is 13.2 Å². The molecule has 26 heavy (non-hydrogen) atoms. The average Bonchev–Trinajstić information content (AvgIpc) is 3.20. The summed E-state index contributed by atoms with van der Waals surface area (Å²) in [7, 11) is -1.95. The molecule has 2 heterocycles. The summed E-state index contributed by atoms with van der Waals surface area (Å²) in [6.45, 7) is 5.76. The van der Waals surface area contributed by atoms with E-state index >= 15 is 0 Å². The van der Waals surface area contributed by atoms with Crippen molar-refractivity contribution >= 4 is 33.3 Å². The Bertz CT molecular complexity index is 845. The molecule has 9 heteroatoms. The van der Waals surface area contributed by atoms with Gasteiger partial charge in [0.25, 0.3) is 0 Å². The Morgan fingerprint density at radius 1 is 1.42 bits per heavy atom. The number of nitrogens with zero attached hydrogens (tertiary/aromatic N) is 2. The number of benzene rings is 1. The van der Waals surface area contributed by atoms with Crippen molar-refractivity contribution in [3.05, 3.63) is 24.4 Å². The molecule has 2 aromatic rings. The van der Waals surface area contributed by atoms with Gasteiger partial charge in [0, 0.05) is 25.1 Å². The SMILES string of the molecule is COCC1(CNS(=O)(=O)c2ccc3c(cnn3C(C)C)c2)CCCN1.Cl. The van der Waals surface area contributed by atoms with E-state index in [-0.39, 0.29) is 28.9 Å². The minimum Gasteiger partial charge on any atom is -0.383 e. The van der Waals surface area contributed by atoms with E-state index in [1.54, 1.807) is 25.4 Å². The molecule has 1 aromatic heterocycles. The lowest BCUT2D eigenvalue weighted by Gasteiger charge is -2.28. The zero-order chi connectivity index (χ0) is 18.1. The van der Waals surface area contributed by atoms with E-state index in [1.165, 1.54) is 0 Å². The fraction of sp³-hybridized carbons (Fsp3) is 0.588. The van der Waals surface area contributed by atoms with Crippen molar-refractivity contribution in [3.63, 3.8) is 0 Å². The number of hydrogen-bond donors (Lipinski definition) is 2. The number of halogens is 1. The number of methoxy groups -OCH3 is 1. The van der Waals surface area contributed by atoms with Gasteiger partial charge in [-0.15, -0.1) is 12.4 Å². The molecule has 1 aliphatic rings. The van der Waals surface area contributed by atoms with Crippen molar-refractivity contribution in [2.45, 2.75) is 43.2 Å². The van der Waals surface area contributed by atoms with Crippen molar-refractivity contribution in [1.29, 1.82) is 0 Å². The smallest absolute Gasteiger partial charge is 0.240 e. The van der Waals surface area contributed by atoms with Crippen LogP contribution in [0, 0.1) is 0 Å². The van der Waals surface area contributed by atoms with Crippen LogP contribution in [-0.2, 0) is 14.8 Å². The highest BCUT2D eigenvalue weighted by Crippen LogP contribution is 2.23. The molecule has 1 atom stereocenters. The second-order valence-corrected chi connectivity index (χ2v) is 8.74. The highest BCUT2D eigenvalue weighted by molar-refractivity contribution is 7.89. The van der Waals surface area contributed by atoms with Gasteiger partial charge in [0.1, 0.15) is 0 Å². The van der Waals surface area contributed by atoms with Crippen LogP contribution in [0.3, 0.4) is 0 Å². The first-order valence-electron chi connectivity index (χ1n) is 8.58.